The second-order valence-corrected chi connectivity index (χ2v) is 6.51. The van der Waals surface area contributed by atoms with E-state index in [9.17, 15) is 4.79 Å². The molecule has 2 N–H and O–H groups in total. The van der Waals surface area contributed by atoms with Gasteiger partial charge >= 0.3 is 0 Å². The molecule has 1 amide bonds. The molecular formula is C17H14BrN5O. The quantitative estimate of drug-likeness (QED) is 0.568. The molecule has 0 saturated carbocycles. The van der Waals surface area contributed by atoms with Crippen LogP contribution in [0.5, 0.6) is 0 Å². The molecule has 0 radical (unpaired) electrons. The summed E-state index contributed by atoms with van der Waals surface area (Å²) in [5, 5.41) is 12.2. The van der Waals surface area contributed by atoms with Crippen molar-refractivity contribution in [1.82, 2.24) is 24.9 Å². The molecule has 1 atom stereocenters. The van der Waals surface area contributed by atoms with E-state index in [1.165, 1.54) is 0 Å². The lowest BCUT2D eigenvalue weighted by molar-refractivity contribution is 0.0934. The zero-order valence-electron chi connectivity index (χ0n) is 12.8. The SMILES string of the molecule is CC(NC(=O)c1cc2ccc(Br)cc2[nH]1)c1nnc2ccccn12. The normalized spacial score (nSPS) is 12.6. The summed E-state index contributed by atoms with van der Waals surface area (Å²) in [6.45, 7) is 1.89. The molecule has 24 heavy (non-hydrogen) atoms. The first-order chi connectivity index (χ1) is 11.6. The molecule has 0 fully saturated rings. The highest BCUT2D eigenvalue weighted by atomic mass is 79.9. The Bertz CT molecular complexity index is 1050. The number of nitrogens with zero attached hydrogens (tertiary/aromatic N) is 3. The van der Waals surface area contributed by atoms with Gasteiger partial charge in [-0.15, -0.1) is 10.2 Å². The standard InChI is InChI=1S/C17H14BrN5O/c1-10(16-22-21-15-4-2-3-7-23(15)16)19-17(24)14-8-11-5-6-12(18)9-13(11)20-14/h2-10,20H,1H3,(H,19,24). The smallest absolute Gasteiger partial charge is 0.268 e. The van der Waals surface area contributed by atoms with Crippen LogP contribution in [0.3, 0.4) is 0 Å². The lowest BCUT2D eigenvalue weighted by Crippen LogP contribution is -2.28. The van der Waals surface area contributed by atoms with E-state index >= 15 is 0 Å². The lowest BCUT2D eigenvalue weighted by atomic mass is 10.2. The van der Waals surface area contributed by atoms with E-state index in [0.717, 1.165) is 21.0 Å². The molecule has 4 aromatic rings. The Kier molecular flexibility index (Phi) is 3.57. The van der Waals surface area contributed by atoms with Crippen LogP contribution in [-0.4, -0.2) is 25.5 Å². The molecule has 0 bridgehead atoms. The first kappa shape index (κ1) is 14.9. The van der Waals surface area contributed by atoms with Gasteiger partial charge in [0.25, 0.3) is 5.91 Å². The molecule has 7 heteroatoms. The minimum Gasteiger partial charge on any atom is -0.350 e. The van der Waals surface area contributed by atoms with Gasteiger partial charge in [0.1, 0.15) is 5.69 Å². The fourth-order valence-electron chi connectivity index (χ4n) is 2.72. The molecule has 0 aliphatic carbocycles. The number of amides is 1. The Morgan fingerprint density at radius 3 is 3.00 bits per heavy atom. The van der Waals surface area contributed by atoms with Crippen molar-refractivity contribution < 1.29 is 4.79 Å². The minimum atomic E-state index is -0.270. The third kappa shape index (κ3) is 2.56. The maximum absolute atomic E-state index is 12.5. The monoisotopic (exact) mass is 383 g/mol. The first-order valence-electron chi connectivity index (χ1n) is 7.50. The molecule has 3 heterocycles. The van der Waals surface area contributed by atoms with Crippen molar-refractivity contribution in [2.24, 2.45) is 0 Å². The van der Waals surface area contributed by atoms with E-state index in [-0.39, 0.29) is 11.9 Å². The molecule has 1 aromatic carbocycles. The fraction of sp³-hybridized carbons (Fsp3) is 0.118. The maximum atomic E-state index is 12.5. The second-order valence-electron chi connectivity index (χ2n) is 5.60. The number of hydrogen-bond donors (Lipinski definition) is 2. The Morgan fingerprint density at radius 1 is 1.25 bits per heavy atom. The molecule has 4 rings (SSSR count). The summed E-state index contributed by atoms with van der Waals surface area (Å²) in [5.74, 6) is 0.514. The van der Waals surface area contributed by atoms with E-state index in [0.29, 0.717) is 11.5 Å². The van der Waals surface area contributed by atoms with E-state index in [4.69, 9.17) is 0 Å². The number of nitrogens with one attached hydrogen (secondary N) is 2. The highest BCUT2D eigenvalue weighted by Gasteiger charge is 2.17. The molecular weight excluding hydrogens is 370 g/mol. The van der Waals surface area contributed by atoms with Gasteiger partial charge in [0.15, 0.2) is 11.5 Å². The van der Waals surface area contributed by atoms with Crippen molar-refractivity contribution in [2.75, 3.05) is 0 Å². The van der Waals surface area contributed by atoms with E-state index < -0.39 is 0 Å². The topological polar surface area (TPSA) is 75.1 Å². The van der Waals surface area contributed by atoms with Crippen LogP contribution in [0.4, 0.5) is 0 Å². The van der Waals surface area contributed by atoms with Crippen LogP contribution in [0.1, 0.15) is 29.3 Å². The molecule has 1 unspecified atom stereocenters. The second kappa shape index (κ2) is 5.76. The Morgan fingerprint density at radius 2 is 2.12 bits per heavy atom. The van der Waals surface area contributed by atoms with Crippen molar-refractivity contribution in [3.8, 4) is 0 Å². The van der Waals surface area contributed by atoms with Gasteiger partial charge in [-0.3, -0.25) is 9.20 Å². The lowest BCUT2D eigenvalue weighted by Gasteiger charge is -2.11. The number of carbonyl (C=O) groups excluding carboxylic acids is 1. The number of aromatic nitrogens is 4. The maximum Gasteiger partial charge on any atom is 0.268 e. The Balaban J connectivity index is 1.60. The molecule has 0 spiro atoms. The first-order valence-corrected chi connectivity index (χ1v) is 8.30. The summed E-state index contributed by atoms with van der Waals surface area (Å²) in [7, 11) is 0. The Hall–Kier alpha value is -2.67. The zero-order chi connectivity index (χ0) is 16.7. The minimum absolute atomic E-state index is 0.178. The predicted molar refractivity (Wildman–Crippen MR) is 94.9 cm³/mol. The van der Waals surface area contributed by atoms with Crippen LogP contribution in [0.2, 0.25) is 0 Å². The highest BCUT2D eigenvalue weighted by molar-refractivity contribution is 9.10. The molecule has 0 aliphatic heterocycles. The Labute approximate surface area is 146 Å². The van der Waals surface area contributed by atoms with Gasteiger partial charge in [-0.2, -0.15) is 0 Å². The van der Waals surface area contributed by atoms with Crippen LogP contribution in [-0.2, 0) is 0 Å². The number of fused-ring (bicyclic) bond motifs is 2. The summed E-state index contributed by atoms with van der Waals surface area (Å²) < 4.78 is 2.83. The van der Waals surface area contributed by atoms with Gasteiger partial charge in [0.2, 0.25) is 0 Å². The highest BCUT2D eigenvalue weighted by Crippen LogP contribution is 2.21. The summed E-state index contributed by atoms with van der Waals surface area (Å²) in [4.78, 5) is 15.7. The molecule has 3 aromatic heterocycles. The van der Waals surface area contributed by atoms with Crippen LogP contribution in [0, 0.1) is 0 Å². The van der Waals surface area contributed by atoms with Crippen molar-refractivity contribution in [3.63, 3.8) is 0 Å². The van der Waals surface area contributed by atoms with Crippen molar-refractivity contribution in [1.29, 1.82) is 0 Å². The molecule has 0 saturated heterocycles. The van der Waals surface area contributed by atoms with Crippen molar-refractivity contribution in [2.45, 2.75) is 13.0 Å². The van der Waals surface area contributed by atoms with Crippen LogP contribution in [0.25, 0.3) is 16.6 Å². The van der Waals surface area contributed by atoms with E-state index in [1.54, 1.807) is 0 Å². The summed E-state index contributed by atoms with van der Waals surface area (Å²) in [6, 6.07) is 13.1. The number of benzene rings is 1. The summed E-state index contributed by atoms with van der Waals surface area (Å²) >= 11 is 3.43. The zero-order valence-corrected chi connectivity index (χ0v) is 14.4. The summed E-state index contributed by atoms with van der Waals surface area (Å²) in [5.41, 5.74) is 2.18. The number of aromatic amines is 1. The van der Waals surface area contributed by atoms with Gasteiger partial charge in [-0.1, -0.05) is 28.1 Å². The molecule has 120 valence electrons. The number of carbonyl (C=O) groups is 1. The molecule has 6 nitrogen and oxygen atoms in total. The number of halogens is 1. The predicted octanol–water partition coefficient (Wildman–Crippen LogP) is 3.46. The van der Waals surface area contributed by atoms with Crippen LogP contribution >= 0.6 is 15.9 Å². The van der Waals surface area contributed by atoms with Gasteiger partial charge in [-0.25, -0.2) is 0 Å². The number of pyridine rings is 1. The van der Waals surface area contributed by atoms with Gasteiger partial charge in [-0.05, 0) is 37.3 Å². The third-order valence-electron chi connectivity index (χ3n) is 3.90. The van der Waals surface area contributed by atoms with E-state index in [1.807, 2.05) is 60.0 Å². The average molecular weight is 384 g/mol. The van der Waals surface area contributed by atoms with Crippen LogP contribution < -0.4 is 5.32 Å². The van der Waals surface area contributed by atoms with E-state index in [2.05, 4.69) is 36.4 Å². The summed E-state index contributed by atoms with van der Waals surface area (Å²) in [6.07, 6.45) is 1.88. The number of H-pyrrole nitrogens is 1. The number of rotatable bonds is 3. The molecule has 0 aliphatic rings. The third-order valence-corrected chi connectivity index (χ3v) is 4.40. The number of hydrogen-bond acceptors (Lipinski definition) is 3. The van der Waals surface area contributed by atoms with Crippen LogP contribution in [0.15, 0.2) is 53.1 Å². The van der Waals surface area contributed by atoms with Gasteiger partial charge in [0.05, 0.1) is 6.04 Å². The fourth-order valence-corrected chi connectivity index (χ4v) is 3.08. The largest absolute Gasteiger partial charge is 0.350 e. The van der Waals surface area contributed by atoms with Crippen molar-refractivity contribution in [3.05, 3.63) is 64.7 Å². The van der Waals surface area contributed by atoms with Crippen molar-refractivity contribution >= 4 is 38.4 Å². The van der Waals surface area contributed by atoms with Gasteiger partial charge < -0.3 is 10.3 Å². The average Bonchev–Trinajstić information content (AvgIpc) is 3.18. The van der Waals surface area contributed by atoms with Gasteiger partial charge in [0, 0.05) is 21.6 Å².